The van der Waals surface area contributed by atoms with Crippen LogP contribution in [0.5, 0.6) is 5.75 Å². The number of pyridine rings is 1. The SMILES string of the molecule is CCCOc1cncc(C(O)C2CCC(C)(C)CC2)c1. The summed E-state index contributed by atoms with van der Waals surface area (Å²) in [5, 5.41) is 10.6. The van der Waals surface area contributed by atoms with Crippen molar-refractivity contribution in [1.29, 1.82) is 0 Å². The highest BCUT2D eigenvalue weighted by Crippen LogP contribution is 2.42. The maximum absolute atomic E-state index is 10.6. The first kappa shape index (κ1) is 15.3. The van der Waals surface area contributed by atoms with Crippen molar-refractivity contribution < 1.29 is 9.84 Å². The van der Waals surface area contributed by atoms with Gasteiger partial charge in [0.15, 0.2) is 0 Å². The molecule has 0 spiro atoms. The molecule has 112 valence electrons. The van der Waals surface area contributed by atoms with Crippen LogP contribution in [0.15, 0.2) is 18.5 Å². The van der Waals surface area contributed by atoms with Crippen molar-refractivity contribution in [3.63, 3.8) is 0 Å². The fourth-order valence-corrected chi connectivity index (χ4v) is 2.91. The largest absolute Gasteiger partial charge is 0.492 e. The topological polar surface area (TPSA) is 42.4 Å². The first-order valence-corrected chi connectivity index (χ1v) is 7.77. The van der Waals surface area contributed by atoms with E-state index in [1.54, 1.807) is 12.4 Å². The van der Waals surface area contributed by atoms with Crippen LogP contribution in [0.2, 0.25) is 0 Å². The van der Waals surface area contributed by atoms with Crippen LogP contribution >= 0.6 is 0 Å². The van der Waals surface area contributed by atoms with Gasteiger partial charge in [-0.05, 0) is 49.5 Å². The average Bonchev–Trinajstić information content (AvgIpc) is 2.45. The van der Waals surface area contributed by atoms with Crippen molar-refractivity contribution in [2.75, 3.05) is 6.61 Å². The number of ether oxygens (including phenoxy) is 1. The van der Waals surface area contributed by atoms with Gasteiger partial charge < -0.3 is 9.84 Å². The Kier molecular flexibility index (Phi) is 5.03. The zero-order valence-electron chi connectivity index (χ0n) is 12.9. The number of aliphatic hydroxyl groups is 1. The van der Waals surface area contributed by atoms with Crippen LogP contribution in [-0.4, -0.2) is 16.7 Å². The molecule has 1 unspecified atom stereocenters. The Morgan fingerprint density at radius 3 is 2.70 bits per heavy atom. The minimum Gasteiger partial charge on any atom is -0.492 e. The van der Waals surface area contributed by atoms with Gasteiger partial charge in [-0.1, -0.05) is 20.8 Å². The highest BCUT2D eigenvalue weighted by molar-refractivity contribution is 5.25. The molecule has 0 aromatic carbocycles. The van der Waals surface area contributed by atoms with Gasteiger partial charge >= 0.3 is 0 Å². The van der Waals surface area contributed by atoms with Gasteiger partial charge in [0.1, 0.15) is 5.75 Å². The molecule has 0 bridgehead atoms. The van der Waals surface area contributed by atoms with Gasteiger partial charge in [0, 0.05) is 11.8 Å². The molecule has 1 aliphatic rings. The molecule has 0 radical (unpaired) electrons. The first-order chi connectivity index (χ1) is 9.52. The zero-order valence-corrected chi connectivity index (χ0v) is 12.9. The lowest BCUT2D eigenvalue weighted by Gasteiger charge is -2.36. The van der Waals surface area contributed by atoms with Gasteiger partial charge in [0.2, 0.25) is 0 Å². The lowest BCUT2D eigenvalue weighted by atomic mass is 9.71. The zero-order chi connectivity index (χ0) is 14.6. The smallest absolute Gasteiger partial charge is 0.137 e. The van der Waals surface area contributed by atoms with E-state index in [9.17, 15) is 5.11 Å². The van der Waals surface area contributed by atoms with E-state index in [1.165, 1.54) is 12.8 Å². The van der Waals surface area contributed by atoms with Gasteiger partial charge in [-0.25, -0.2) is 0 Å². The Bertz CT molecular complexity index is 421. The van der Waals surface area contributed by atoms with E-state index in [-0.39, 0.29) is 0 Å². The summed E-state index contributed by atoms with van der Waals surface area (Å²) in [5.74, 6) is 1.12. The highest BCUT2D eigenvalue weighted by Gasteiger charge is 2.31. The van der Waals surface area contributed by atoms with E-state index in [1.807, 2.05) is 6.07 Å². The predicted molar refractivity (Wildman–Crippen MR) is 80.7 cm³/mol. The summed E-state index contributed by atoms with van der Waals surface area (Å²) in [5.41, 5.74) is 1.32. The summed E-state index contributed by atoms with van der Waals surface area (Å²) >= 11 is 0. The van der Waals surface area contributed by atoms with E-state index < -0.39 is 6.10 Å². The Morgan fingerprint density at radius 2 is 2.05 bits per heavy atom. The molecular weight excluding hydrogens is 250 g/mol. The van der Waals surface area contributed by atoms with Crippen LogP contribution < -0.4 is 4.74 Å². The molecule has 1 atom stereocenters. The maximum atomic E-state index is 10.6. The molecule has 1 fully saturated rings. The molecule has 3 nitrogen and oxygen atoms in total. The minimum absolute atomic E-state index is 0.353. The normalized spacial score (nSPS) is 20.6. The van der Waals surface area contributed by atoms with E-state index in [2.05, 4.69) is 25.8 Å². The summed E-state index contributed by atoms with van der Waals surface area (Å²) in [6.45, 7) is 7.40. The van der Waals surface area contributed by atoms with Crippen LogP contribution in [-0.2, 0) is 0 Å². The molecule has 0 amide bonds. The fourth-order valence-electron chi connectivity index (χ4n) is 2.91. The van der Waals surface area contributed by atoms with E-state index >= 15 is 0 Å². The second kappa shape index (κ2) is 6.57. The molecule has 1 N–H and O–H groups in total. The van der Waals surface area contributed by atoms with Crippen molar-refractivity contribution in [2.45, 2.75) is 59.0 Å². The molecule has 20 heavy (non-hydrogen) atoms. The predicted octanol–water partition coefficient (Wildman–Crippen LogP) is 4.12. The Labute approximate surface area is 122 Å². The van der Waals surface area contributed by atoms with Crippen LogP contribution in [0, 0.1) is 11.3 Å². The van der Waals surface area contributed by atoms with E-state index in [0.29, 0.717) is 17.9 Å². The molecule has 0 saturated heterocycles. The van der Waals surface area contributed by atoms with Crippen LogP contribution in [0.25, 0.3) is 0 Å². The maximum Gasteiger partial charge on any atom is 0.137 e. The van der Waals surface area contributed by atoms with Gasteiger partial charge in [-0.15, -0.1) is 0 Å². The molecule has 1 aliphatic carbocycles. The third-order valence-corrected chi connectivity index (χ3v) is 4.38. The number of nitrogens with zero attached hydrogens (tertiary/aromatic N) is 1. The monoisotopic (exact) mass is 277 g/mol. The molecule has 0 aliphatic heterocycles. The lowest BCUT2D eigenvalue weighted by Crippen LogP contribution is -2.25. The van der Waals surface area contributed by atoms with Crippen LogP contribution in [0.3, 0.4) is 0 Å². The molecular formula is C17H27NO2. The molecule has 1 aromatic heterocycles. The number of rotatable bonds is 5. The Balaban J connectivity index is 2.00. The van der Waals surface area contributed by atoms with Crippen LogP contribution in [0.1, 0.15) is 64.5 Å². The number of aliphatic hydroxyl groups excluding tert-OH is 1. The lowest BCUT2D eigenvalue weighted by molar-refractivity contribution is 0.0563. The average molecular weight is 277 g/mol. The fraction of sp³-hybridized carbons (Fsp3) is 0.706. The highest BCUT2D eigenvalue weighted by atomic mass is 16.5. The Hall–Kier alpha value is -1.09. The summed E-state index contributed by atoms with van der Waals surface area (Å²) in [7, 11) is 0. The van der Waals surface area contributed by atoms with Crippen molar-refractivity contribution in [3.8, 4) is 5.75 Å². The van der Waals surface area contributed by atoms with E-state index in [0.717, 1.165) is 30.6 Å². The van der Waals surface area contributed by atoms with Gasteiger partial charge in [0.05, 0.1) is 18.9 Å². The van der Waals surface area contributed by atoms with Crippen molar-refractivity contribution in [1.82, 2.24) is 4.98 Å². The molecule has 2 rings (SSSR count). The number of aromatic nitrogens is 1. The first-order valence-electron chi connectivity index (χ1n) is 7.77. The Morgan fingerprint density at radius 1 is 1.35 bits per heavy atom. The van der Waals surface area contributed by atoms with E-state index in [4.69, 9.17) is 4.74 Å². The molecule has 3 heteroatoms. The summed E-state index contributed by atoms with van der Waals surface area (Å²) in [6.07, 6.45) is 8.61. The minimum atomic E-state index is -0.413. The standard InChI is InChI=1S/C17H27NO2/c1-4-9-20-15-10-14(11-18-12-15)16(19)13-5-7-17(2,3)8-6-13/h10-13,16,19H,4-9H2,1-3H3. The van der Waals surface area contributed by atoms with Crippen molar-refractivity contribution >= 4 is 0 Å². The number of hydrogen-bond acceptors (Lipinski definition) is 3. The van der Waals surface area contributed by atoms with Crippen LogP contribution in [0.4, 0.5) is 0 Å². The summed E-state index contributed by atoms with van der Waals surface area (Å²) in [6, 6.07) is 1.94. The van der Waals surface area contributed by atoms with Gasteiger partial charge in [0.25, 0.3) is 0 Å². The molecule has 1 saturated carbocycles. The van der Waals surface area contributed by atoms with Crippen molar-refractivity contribution in [3.05, 3.63) is 24.0 Å². The summed E-state index contributed by atoms with van der Waals surface area (Å²) < 4.78 is 5.59. The van der Waals surface area contributed by atoms with Gasteiger partial charge in [-0.2, -0.15) is 0 Å². The molecule has 1 aromatic rings. The second-order valence-electron chi connectivity index (χ2n) is 6.75. The molecule has 1 heterocycles. The quantitative estimate of drug-likeness (QED) is 0.880. The second-order valence-corrected chi connectivity index (χ2v) is 6.75. The van der Waals surface area contributed by atoms with Gasteiger partial charge in [-0.3, -0.25) is 4.98 Å². The third kappa shape index (κ3) is 3.95. The summed E-state index contributed by atoms with van der Waals surface area (Å²) in [4.78, 5) is 4.20. The van der Waals surface area contributed by atoms with Crippen molar-refractivity contribution in [2.24, 2.45) is 11.3 Å². The number of hydrogen-bond donors (Lipinski definition) is 1. The third-order valence-electron chi connectivity index (χ3n) is 4.38.